The number of hydrogen-bond acceptors (Lipinski definition) is 6. The highest BCUT2D eigenvalue weighted by molar-refractivity contribution is 7.12. The Hall–Kier alpha value is -2.28. The van der Waals surface area contributed by atoms with E-state index in [1.54, 1.807) is 11.3 Å². The van der Waals surface area contributed by atoms with Crippen LogP contribution in [0.25, 0.3) is 11.4 Å². The molecule has 1 N–H and O–H groups in total. The van der Waals surface area contributed by atoms with E-state index in [0.717, 1.165) is 61.8 Å². The number of rotatable bonds is 5. The van der Waals surface area contributed by atoms with Gasteiger partial charge in [0.15, 0.2) is 5.78 Å². The summed E-state index contributed by atoms with van der Waals surface area (Å²) in [5.41, 5.74) is 3.16. The number of aromatic nitrogens is 2. The number of thiophene rings is 1. The molecular formula is C21H22N2O4S. The van der Waals surface area contributed by atoms with Gasteiger partial charge in [0.2, 0.25) is 12.2 Å². The summed E-state index contributed by atoms with van der Waals surface area (Å²) < 4.78 is 4.97. The van der Waals surface area contributed by atoms with E-state index >= 15 is 0 Å². The van der Waals surface area contributed by atoms with Crippen molar-refractivity contribution in [2.75, 3.05) is 0 Å². The van der Waals surface area contributed by atoms with Gasteiger partial charge in [-0.2, -0.15) is 4.98 Å². The Morgan fingerprint density at radius 3 is 2.50 bits per heavy atom. The summed E-state index contributed by atoms with van der Waals surface area (Å²) in [7, 11) is 0. The van der Waals surface area contributed by atoms with E-state index < -0.39 is 5.97 Å². The topological polar surface area (TPSA) is 93.3 Å². The maximum Gasteiger partial charge on any atom is 0.332 e. The van der Waals surface area contributed by atoms with Gasteiger partial charge >= 0.3 is 5.97 Å². The molecule has 1 saturated carbocycles. The predicted molar refractivity (Wildman–Crippen MR) is 103 cm³/mol. The van der Waals surface area contributed by atoms with Crippen molar-refractivity contribution in [1.82, 2.24) is 10.1 Å². The molecule has 6 nitrogen and oxygen atoms in total. The summed E-state index contributed by atoms with van der Waals surface area (Å²) in [6.45, 7) is 0. The number of carbonyl (C=O) groups excluding carboxylic acids is 1. The van der Waals surface area contributed by atoms with E-state index in [9.17, 15) is 14.7 Å². The van der Waals surface area contributed by atoms with Gasteiger partial charge in [-0.15, -0.1) is 11.3 Å². The first-order valence-corrected chi connectivity index (χ1v) is 10.9. The highest BCUT2D eigenvalue weighted by Crippen LogP contribution is 2.47. The van der Waals surface area contributed by atoms with E-state index in [1.165, 1.54) is 16.8 Å². The lowest BCUT2D eigenvalue weighted by Gasteiger charge is -2.38. The number of nitrogens with zero attached hydrogens (tertiary/aromatic N) is 2. The Kier molecular flexibility index (Phi) is 4.42. The zero-order valence-electron chi connectivity index (χ0n) is 15.6. The number of ketones is 1. The van der Waals surface area contributed by atoms with Gasteiger partial charge in [0, 0.05) is 32.9 Å². The Bertz CT molecular complexity index is 965. The van der Waals surface area contributed by atoms with Crippen LogP contribution in [0.3, 0.4) is 0 Å². The Balaban J connectivity index is 1.55. The number of fused-ring (bicyclic) bond motifs is 3. The standard InChI is InChI=1S/C21H22N2O4S/c24-14(17-11-5-7-12(8-6-11)18(17)21(25)26)9-16-19(20-22-10-27-23-20)13-3-1-2-4-15(13)28-16/h10-12H,1-9H2,(H,25,26). The van der Waals surface area contributed by atoms with Crippen molar-refractivity contribution in [3.63, 3.8) is 0 Å². The summed E-state index contributed by atoms with van der Waals surface area (Å²) in [6.07, 6.45) is 9.47. The third kappa shape index (κ3) is 2.83. The fourth-order valence-electron chi connectivity index (χ4n) is 5.31. The van der Waals surface area contributed by atoms with E-state index in [1.807, 2.05) is 0 Å². The molecular weight excluding hydrogens is 376 g/mol. The average Bonchev–Trinajstić information content (AvgIpc) is 3.35. The minimum Gasteiger partial charge on any atom is -0.478 e. The molecule has 28 heavy (non-hydrogen) atoms. The normalized spacial score (nSPS) is 23.7. The summed E-state index contributed by atoms with van der Waals surface area (Å²) in [5.74, 6) is -0.266. The second-order valence-electron chi connectivity index (χ2n) is 8.04. The third-order valence-electron chi connectivity index (χ3n) is 6.51. The van der Waals surface area contributed by atoms with Crippen molar-refractivity contribution in [2.24, 2.45) is 11.8 Å². The van der Waals surface area contributed by atoms with Gasteiger partial charge in [-0.3, -0.25) is 4.79 Å². The number of carbonyl (C=O) groups is 2. The largest absolute Gasteiger partial charge is 0.478 e. The quantitative estimate of drug-likeness (QED) is 0.818. The van der Waals surface area contributed by atoms with Gasteiger partial charge in [-0.05, 0) is 68.8 Å². The molecule has 2 aromatic rings. The lowest BCUT2D eigenvalue weighted by Crippen LogP contribution is -2.34. The number of carboxylic acids is 1. The molecule has 0 spiro atoms. The number of carboxylic acid groups (broad SMARTS) is 1. The second-order valence-corrected chi connectivity index (χ2v) is 9.23. The molecule has 2 heterocycles. The summed E-state index contributed by atoms with van der Waals surface area (Å²) in [6, 6.07) is 0. The van der Waals surface area contributed by atoms with Gasteiger partial charge in [0.05, 0.1) is 0 Å². The molecule has 0 aliphatic heterocycles. The number of Topliss-reactive ketones (excluding diaryl/α,β-unsaturated/α-hetero) is 1. The van der Waals surface area contributed by atoms with Gasteiger partial charge in [0.1, 0.15) is 0 Å². The molecule has 146 valence electrons. The Morgan fingerprint density at radius 1 is 1.11 bits per heavy atom. The number of aryl methyl sites for hydroxylation is 1. The van der Waals surface area contributed by atoms with E-state index in [-0.39, 0.29) is 24.0 Å². The van der Waals surface area contributed by atoms with Crippen molar-refractivity contribution in [3.05, 3.63) is 32.9 Å². The summed E-state index contributed by atoms with van der Waals surface area (Å²) in [4.78, 5) is 31.7. The van der Waals surface area contributed by atoms with Gasteiger partial charge in [0.25, 0.3) is 0 Å². The first-order valence-electron chi connectivity index (χ1n) is 10.0. The second kappa shape index (κ2) is 6.95. The van der Waals surface area contributed by atoms with Crippen molar-refractivity contribution >= 4 is 23.1 Å². The Morgan fingerprint density at radius 2 is 1.82 bits per heavy atom. The molecule has 0 radical (unpaired) electrons. The zero-order chi connectivity index (χ0) is 19.3. The molecule has 0 unspecified atom stereocenters. The molecule has 7 heteroatoms. The van der Waals surface area contributed by atoms with E-state index in [4.69, 9.17) is 4.52 Å². The van der Waals surface area contributed by atoms with Crippen molar-refractivity contribution < 1.29 is 19.2 Å². The monoisotopic (exact) mass is 398 g/mol. The predicted octanol–water partition coefficient (Wildman–Crippen LogP) is 3.99. The molecule has 2 aromatic heterocycles. The highest BCUT2D eigenvalue weighted by Gasteiger charge is 2.41. The third-order valence-corrected chi connectivity index (χ3v) is 7.81. The van der Waals surface area contributed by atoms with Crippen molar-refractivity contribution in [3.8, 4) is 11.4 Å². The number of hydrogen-bond donors (Lipinski definition) is 1. The van der Waals surface area contributed by atoms with Gasteiger partial charge in [-0.1, -0.05) is 5.16 Å². The highest BCUT2D eigenvalue weighted by atomic mass is 32.1. The van der Waals surface area contributed by atoms with E-state index in [0.29, 0.717) is 17.0 Å². The minimum atomic E-state index is -0.915. The maximum absolute atomic E-state index is 13.3. The minimum absolute atomic E-state index is 0.0323. The average molecular weight is 398 g/mol. The lowest BCUT2D eigenvalue weighted by molar-refractivity contribution is -0.134. The van der Waals surface area contributed by atoms with Crippen LogP contribution in [0, 0.1) is 11.8 Å². The van der Waals surface area contributed by atoms with Crippen molar-refractivity contribution in [1.29, 1.82) is 0 Å². The number of aliphatic carboxylic acids is 1. The first-order chi connectivity index (χ1) is 13.6. The van der Waals surface area contributed by atoms with Crippen LogP contribution in [-0.4, -0.2) is 27.0 Å². The van der Waals surface area contributed by atoms with E-state index in [2.05, 4.69) is 10.1 Å². The van der Waals surface area contributed by atoms with Gasteiger partial charge < -0.3 is 9.63 Å². The van der Waals surface area contributed by atoms with Crippen LogP contribution in [0.1, 0.15) is 53.8 Å². The Labute approximate surface area is 166 Å². The lowest BCUT2D eigenvalue weighted by atomic mass is 9.65. The van der Waals surface area contributed by atoms with Crippen LogP contribution in [0.2, 0.25) is 0 Å². The maximum atomic E-state index is 13.3. The van der Waals surface area contributed by atoms with Crippen molar-refractivity contribution in [2.45, 2.75) is 57.8 Å². The molecule has 4 aliphatic rings. The van der Waals surface area contributed by atoms with Gasteiger partial charge in [-0.25, -0.2) is 4.79 Å². The SMILES string of the molecule is O=C(O)C1=C(C(=O)Cc2sc3c(c2-c2ncon2)CCCC3)C2CCC1CC2. The summed E-state index contributed by atoms with van der Waals surface area (Å²) in [5, 5.41) is 13.8. The first kappa shape index (κ1) is 17.8. The fourth-order valence-corrected chi connectivity index (χ4v) is 6.70. The van der Waals surface area contributed by atoms with Crippen LogP contribution in [0.5, 0.6) is 0 Å². The molecule has 4 aliphatic carbocycles. The van der Waals surface area contributed by atoms with Crippen LogP contribution in [0.4, 0.5) is 0 Å². The molecule has 1 fully saturated rings. The molecule has 0 amide bonds. The smallest absolute Gasteiger partial charge is 0.332 e. The van der Waals surface area contributed by atoms with Crippen LogP contribution >= 0.6 is 11.3 Å². The molecule has 0 saturated heterocycles. The fraction of sp³-hybridized carbons (Fsp3) is 0.524. The summed E-state index contributed by atoms with van der Waals surface area (Å²) >= 11 is 1.67. The number of allylic oxidation sites excluding steroid dienone is 1. The van der Waals surface area contributed by atoms with Crippen LogP contribution < -0.4 is 0 Å². The van der Waals surface area contributed by atoms with Crippen LogP contribution in [-0.2, 0) is 28.9 Å². The molecule has 0 aromatic carbocycles. The zero-order valence-corrected chi connectivity index (χ0v) is 16.4. The molecule has 0 atom stereocenters. The molecule has 2 bridgehead atoms. The van der Waals surface area contributed by atoms with Crippen LogP contribution in [0.15, 0.2) is 22.1 Å². The molecule has 6 rings (SSSR count).